The Balaban J connectivity index is 1.64. The van der Waals surface area contributed by atoms with E-state index in [0.717, 1.165) is 25.1 Å². The third kappa shape index (κ3) is 3.40. The van der Waals surface area contributed by atoms with E-state index in [1.807, 2.05) is 0 Å². The first kappa shape index (κ1) is 14.5. The average Bonchev–Trinajstić information content (AvgIpc) is 3.04. The van der Waals surface area contributed by atoms with Crippen LogP contribution in [0.4, 0.5) is 4.39 Å². The molecule has 1 aromatic heterocycles. The SMILES string of the molecule is O=C(NCC1=CCNCC1)c1cc(-c2ccc(F)cc2)n[nH]1. The van der Waals surface area contributed by atoms with Gasteiger partial charge in [0.2, 0.25) is 0 Å². The summed E-state index contributed by atoms with van der Waals surface area (Å²) in [5.74, 6) is -0.493. The highest BCUT2D eigenvalue weighted by Crippen LogP contribution is 2.18. The lowest BCUT2D eigenvalue weighted by Gasteiger charge is -2.14. The van der Waals surface area contributed by atoms with Gasteiger partial charge in [-0.15, -0.1) is 0 Å². The Morgan fingerprint density at radius 3 is 2.86 bits per heavy atom. The van der Waals surface area contributed by atoms with Gasteiger partial charge >= 0.3 is 0 Å². The lowest BCUT2D eigenvalue weighted by molar-refractivity contribution is 0.0951. The van der Waals surface area contributed by atoms with Crippen LogP contribution in [0.2, 0.25) is 0 Å². The first-order chi connectivity index (χ1) is 10.7. The fourth-order valence-electron chi connectivity index (χ4n) is 2.33. The van der Waals surface area contributed by atoms with Crippen LogP contribution in [0.3, 0.4) is 0 Å². The van der Waals surface area contributed by atoms with Crippen LogP contribution in [-0.4, -0.2) is 35.7 Å². The minimum Gasteiger partial charge on any atom is -0.347 e. The van der Waals surface area contributed by atoms with Gasteiger partial charge in [-0.1, -0.05) is 11.6 Å². The van der Waals surface area contributed by atoms with Crippen molar-refractivity contribution in [2.75, 3.05) is 19.6 Å². The molecule has 0 aliphatic carbocycles. The summed E-state index contributed by atoms with van der Waals surface area (Å²) >= 11 is 0. The summed E-state index contributed by atoms with van der Waals surface area (Å²) in [6, 6.07) is 7.67. The van der Waals surface area contributed by atoms with Crippen molar-refractivity contribution in [2.45, 2.75) is 6.42 Å². The number of carbonyl (C=O) groups is 1. The number of aromatic amines is 1. The minimum atomic E-state index is -0.299. The molecule has 0 radical (unpaired) electrons. The molecule has 1 aliphatic heterocycles. The number of nitrogens with one attached hydrogen (secondary N) is 3. The summed E-state index contributed by atoms with van der Waals surface area (Å²) < 4.78 is 12.9. The zero-order chi connectivity index (χ0) is 15.4. The molecule has 6 heteroatoms. The maximum absolute atomic E-state index is 12.9. The van der Waals surface area contributed by atoms with Crippen LogP contribution < -0.4 is 10.6 Å². The molecule has 0 saturated heterocycles. The van der Waals surface area contributed by atoms with E-state index in [1.54, 1.807) is 18.2 Å². The van der Waals surface area contributed by atoms with E-state index in [1.165, 1.54) is 17.7 Å². The molecule has 114 valence electrons. The summed E-state index contributed by atoms with van der Waals surface area (Å²) in [6.07, 6.45) is 3.05. The number of rotatable bonds is 4. The molecule has 5 nitrogen and oxygen atoms in total. The van der Waals surface area contributed by atoms with Crippen LogP contribution in [0.1, 0.15) is 16.9 Å². The van der Waals surface area contributed by atoms with Gasteiger partial charge in [0, 0.05) is 18.7 Å². The second-order valence-corrected chi connectivity index (χ2v) is 5.17. The van der Waals surface area contributed by atoms with E-state index >= 15 is 0 Å². The van der Waals surface area contributed by atoms with Crippen LogP contribution in [0.25, 0.3) is 11.3 Å². The minimum absolute atomic E-state index is 0.194. The van der Waals surface area contributed by atoms with Crippen molar-refractivity contribution in [3.05, 3.63) is 53.5 Å². The number of benzene rings is 1. The van der Waals surface area contributed by atoms with E-state index in [2.05, 4.69) is 26.9 Å². The molecule has 0 fully saturated rings. The Hall–Kier alpha value is -2.47. The van der Waals surface area contributed by atoms with E-state index in [0.29, 0.717) is 17.9 Å². The fraction of sp³-hybridized carbons (Fsp3) is 0.250. The molecular weight excluding hydrogens is 283 g/mol. The van der Waals surface area contributed by atoms with Crippen molar-refractivity contribution in [1.82, 2.24) is 20.8 Å². The van der Waals surface area contributed by atoms with Gasteiger partial charge in [-0.25, -0.2) is 4.39 Å². The smallest absolute Gasteiger partial charge is 0.269 e. The quantitative estimate of drug-likeness (QED) is 0.755. The highest BCUT2D eigenvalue weighted by atomic mass is 19.1. The molecule has 3 rings (SSSR count). The van der Waals surface area contributed by atoms with Gasteiger partial charge in [0.05, 0.1) is 5.69 Å². The molecule has 0 bridgehead atoms. The van der Waals surface area contributed by atoms with Gasteiger partial charge in [0.15, 0.2) is 0 Å². The van der Waals surface area contributed by atoms with Crippen molar-refractivity contribution in [3.63, 3.8) is 0 Å². The lowest BCUT2D eigenvalue weighted by Crippen LogP contribution is -2.29. The second kappa shape index (κ2) is 6.53. The lowest BCUT2D eigenvalue weighted by atomic mass is 10.1. The number of halogens is 1. The number of hydrogen-bond donors (Lipinski definition) is 3. The number of aromatic nitrogens is 2. The highest BCUT2D eigenvalue weighted by Gasteiger charge is 2.12. The van der Waals surface area contributed by atoms with Crippen molar-refractivity contribution in [2.24, 2.45) is 0 Å². The second-order valence-electron chi connectivity index (χ2n) is 5.17. The molecule has 2 heterocycles. The van der Waals surface area contributed by atoms with Crippen LogP contribution in [-0.2, 0) is 0 Å². The summed E-state index contributed by atoms with van der Waals surface area (Å²) in [5, 5.41) is 12.9. The van der Waals surface area contributed by atoms with Crippen molar-refractivity contribution < 1.29 is 9.18 Å². The fourth-order valence-corrected chi connectivity index (χ4v) is 2.33. The number of nitrogens with zero attached hydrogens (tertiary/aromatic N) is 1. The largest absolute Gasteiger partial charge is 0.347 e. The standard InChI is InChI=1S/C16H17FN4O/c17-13-3-1-12(2-4-13)14-9-15(21-20-14)16(22)19-10-11-5-7-18-8-6-11/h1-5,9,18H,6-8,10H2,(H,19,22)(H,20,21). The number of hydrogen-bond acceptors (Lipinski definition) is 3. The maximum atomic E-state index is 12.9. The topological polar surface area (TPSA) is 69.8 Å². The van der Waals surface area contributed by atoms with E-state index in [9.17, 15) is 9.18 Å². The van der Waals surface area contributed by atoms with Gasteiger partial charge in [0.1, 0.15) is 11.5 Å². The van der Waals surface area contributed by atoms with Crippen molar-refractivity contribution >= 4 is 5.91 Å². The first-order valence-corrected chi connectivity index (χ1v) is 7.20. The van der Waals surface area contributed by atoms with Crippen LogP contribution >= 0.6 is 0 Å². The molecule has 2 aromatic rings. The molecule has 0 spiro atoms. The predicted molar refractivity (Wildman–Crippen MR) is 81.9 cm³/mol. The van der Waals surface area contributed by atoms with E-state index in [-0.39, 0.29) is 11.7 Å². The average molecular weight is 300 g/mol. The molecule has 0 atom stereocenters. The summed E-state index contributed by atoms with van der Waals surface area (Å²) in [6.45, 7) is 2.34. The van der Waals surface area contributed by atoms with Crippen LogP contribution in [0, 0.1) is 5.82 Å². The Kier molecular flexibility index (Phi) is 4.29. The van der Waals surface area contributed by atoms with E-state index in [4.69, 9.17) is 0 Å². The number of H-pyrrole nitrogens is 1. The van der Waals surface area contributed by atoms with Gasteiger partial charge in [-0.05, 0) is 43.3 Å². The highest BCUT2D eigenvalue weighted by molar-refractivity contribution is 5.93. The number of amides is 1. The molecule has 22 heavy (non-hydrogen) atoms. The Bertz CT molecular complexity index is 690. The molecule has 1 amide bonds. The van der Waals surface area contributed by atoms with Gasteiger partial charge in [-0.3, -0.25) is 9.89 Å². The Morgan fingerprint density at radius 1 is 1.32 bits per heavy atom. The van der Waals surface area contributed by atoms with Gasteiger partial charge in [-0.2, -0.15) is 5.10 Å². The van der Waals surface area contributed by atoms with Gasteiger partial charge in [0.25, 0.3) is 5.91 Å². The third-order valence-corrected chi connectivity index (χ3v) is 3.60. The molecule has 1 aromatic carbocycles. The van der Waals surface area contributed by atoms with Gasteiger partial charge < -0.3 is 10.6 Å². The van der Waals surface area contributed by atoms with E-state index < -0.39 is 0 Å². The molecule has 0 unspecified atom stereocenters. The molecule has 3 N–H and O–H groups in total. The Labute approximate surface area is 127 Å². The first-order valence-electron chi connectivity index (χ1n) is 7.20. The predicted octanol–water partition coefficient (Wildman–Crippen LogP) is 1.87. The van der Waals surface area contributed by atoms with Crippen molar-refractivity contribution in [1.29, 1.82) is 0 Å². The zero-order valence-electron chi connectivity index (χ0n) is 12.0. The normalized spacial score (nSPS) is 14.5. The molecular formula is C16H17FN4O. The number of carbonyl (C=O) groups excluding carboxylic acids is 1. The molecule has 0 saturated carbocycles. The van der Waals surface area contributed by atoms with Crippen LogP contribution in [0.5, 0.6) is 0 Å². The van der Waals surface area contributed by atoms with Crippen LogP contribution in [0.15, 0.2) is 42.0 Å². The Morgan fingerprint density at radius 2 is 2.14 bits per heavy atom. The summed E-state index contributed by atoms with van der Waals surface area (Å²) in [5.41, 5.74) is 3.00. The van der Waals surface area contributed by atoms with Crippen molar-refractivity contribution in [3.8, 4) is 11.3 Å². The maximum Gasteiger partial charge on any atom is 0.269 e. The third-order valence-electron chi connectivity index (χ3n) is 3.60. The monoisotopic (exact) mass is 300 g/mol. The summed E-state index contributed by atoms with van der Waals surface area (Å²) in [4.78, 5) is 12.1. The summed E-state index contributed by atoms with van der Waals surface area (Å²) in [7, 11) is 0. The zero-order valence-corrected chi connectivity index (χ0v) is 12.0. The molecule has 1 aliphatic rings.